The van der Waals surface area contributed by atoms with Gasteiger partial charge in [0.15, 0.2) is 0 Å². The lowest BCUT2D eigenvalue weighted by molar-refractivity contribution is 0.0314. The lowest BCUT2D eigenvalue weighted by Gasteiger charge is -2.29. The molecule has 1 aromatic carbocycles. The third-order valence-electron chi connectivity index (χ3n) is 4.78. The number of carbonyl (C=O) groups excluding carboxylic acids is 1. The number of carbonyl (C=O) groups is 1. The van der Waals surface area contributed by atoms with Gasteiger partial charge in [-0.25, -0.2) is 9.78 Å². The number of nitrogens with zero attached hydrogens (tertiary/aromatic N) is 3. The van der Waals surface area contributed by atoms with E-state index in [0.717, 1.165) is 68.3 Å². The molecule has 0 bridgehead atoms. The fourth-order valence-electron chi connectivity index (χ4n) is 3.45. The van der Waals surface area contributed by atoms with Gasteiger partial charge < -0.3 is 15.0 Å². The number of amides is 2. The van der Waals surface area contributed by atoms with Crippen LogP contribution in [0.1, 0.15) is 6.42 Å². The normalized spacial score (nSPS) is 22.2. The maximum absolute atomic E-state index is 12.5. The van der Waals surface area contributed by atoms with Gasteiger partial charge in [0.25, 0.3) is 0 Å². The smallest absolute Gasteiger partial charge is 0.321 e. The lowest BCUT2D eigenvalue weighted by atomic mass is 10.1. The molecule has 2 aliphatic heterocycles. The van der Waals surface area contributed by atoms with Crippen molar-refractivity contribution in [1.29, 1.82) is 0 Å². The van der Waals surface area contributed by atoms with E-state index in [1.807, 2.05) is 28.6 Å². The number of likely N-dealkylation sites (tertiary alicyclic amines) is 1. The van der Waals surface area contributed by atoms with Crippen LogP contribution in [0.4, 0.5) is 10.5 Å². The Morgan fingerprint density at radius 1 is 1.33 bits per heavy atom. The molecule has 2 amide bonds. The monoisotopic (exact) mass is 346 g/mol. The average Bonchev–Trinajstić information content (AvgIpc) is 3.24. The molecule has 0 aliphatic carbocycles. The van der Waals surface area contributed by atoms with Gasteiger partial charge in [-0.15, -0.1) is 11.3 Å². The van der Waals surface area contributed by atoms with Crippen LogP contribution in [0.3, 0.4) is 0 Å². The third kappa shape index (κ3) is 3.53. The Hall–Kier alpha value is -1.70. The van der Waals surface area contributed by atoms with Gasteiger partial charge in [-0.2, -0.15) is 0 Å². The molecule has 1 unspecified atom stereocenters. The van der Waals surface area contributed by atoms with Crippen molar-refractivity contribution in [1.82, 2.24) is 14.8 Å². The van der Waals surface area contributed by atoms with Crippen LogP contribution in [-0.2, 0) is 4.74 Å². The van der Waals surface area contributed by atoms with E-state index in [1.54, 1.807) is 11.3 Å². The molecule has 1 aromatic heterocycles. The van der Waals surface area contributed by atoms with Crippen LogP contribution in [0.2, 0.25) is 0 Å². The summed E-state index contributed by atoms with van der Waals surface area (Å²) in [5.74, 6) is 0.567. The fraction of sp³-hybridized carbons (Fsp3) is 0.529. The Kier molecular flexibility index (Phi) is 4.64. The van der Waals surface area contributed by atoms with Crippen molar-refractivity contribution in [2.75, 3.05) is 51.3 Å². The van der Waals surface area contributed by atoms with Gasteiger partial charge in [0.05, 0.1) is 28.9 Å². The maximum Gasteiger partial charge on any atom is 0.321 e. The molecular weight excluding hydrogens is 324 g/mol. The predicted octanol–water partition coefficient (Wildman–Crippen LogP) is 2.48. The minimum absolute atomic E-state index is 0.00310. The van der Waals surface area contributed by atoms with Crippen LogP contribution in [0.25, 0.3) is 10.2 Å². The second kappa shape index (κ2) is 7.04. The summed E-state index contributed by atoms with van der Waals surface area (Å²) >= 11 is 1.59. The van der Waals surface area contributed by atoms with E-state index in [-0.39, 0.29) is 6.03 Å². The summed E-state index contributed by atoms with van der Waals surface area (Å²) < 4.78 is 6.49. The number of rotatable bonds is 3. The number of hydrogen-bond acceptors (Lipinski definition) is 5. The second-order valence-electron chi connectivity index (χ2n) is 6.48. The Bertz CT molecular complexity index is 713. The number of urea groups is 1. The molecule has 2 fully saturated rings. The Morgan fingerprint density at radius 3 is 3.08 bits per heavy atom. The van der Waals surface area contributed by atoms with Crippen LogP contribution >= 0.6 is 11.3 Å². The number of ether oxygens (including phenoxy) is 1. The van der Waals surface area contributed by atoms with Gasteiger partial charge in [-0.3, -0.25) is 4.90 Å². The number of benzene rings is 1. The predicted molar refractivity (Wildman–Crippen MR) is 95.6 cm³/mol. The van der Waals surface area contributed by atoms with Crippen LogP contribution in [0.15, 0.2) is 23.7 Å². The van der Waals surface area contributed by atoms with Gasteiger partial charge in [-0.1, -0.05) is 0 Å². The van der Waals surface area contributed by atoms with Crippen LogP contribution in [0, 0.1) is 5.92 Å². The van der Waals surface area contributed by atoms with E-state index >= 15 is 0 Å². The third-order valence-corrected chi connectivity index (χ3v) is 5.57. The molecule has 4 rings (SSSR count). The minimum atomic E-state index is 0.00310. The highest BCUT2D eigenvalue weighted by Gasteiger charge is 2.28. The average molecular weight is 346 g/mol. The van der Waals surface area contributed by atoms with Gasteiger partial charge in [-0.05, 0) is 30.5 Å². The Morgan fingerprint density at radius 2 is 2.21 bits per heavy atom. The van der Waals surface area contributed by atoms with Crippen molar-refractivity contribution in [3.05, 3.63) is 23.7 Å². The first-order valence-electron chi connectivity index (χ1n) is 8.47. The highest BCUT2D eigenvalue weighted by molar-refractivity contribution is 7.16. The molecule has 2 aliphatic rings. The number of aromatic nitrogens is 1. The minimum Gasteiger partial charge on any atom is -0.379 e. The zero-order valence-corrected chi connectivity index (χ0v) is 14.4. The summed E-state index contributed by atoms with van der Waals surface area (Å²) in [6.45, 7) is 6.43. The highest BCUT2D eigenvalue weighted by atomic mass is 32.1. The molecule has 0 radical (unpaired) electrons. The van der Waals surface area contributed by atoms with Crippen molar-refractivity contribution in [2.24, 2.45) is 5.92 Å². The lowest BCUT2D eigenvalue weighted by Crippen LogP contribution is -2.40. The molecule has 7 heteroatoms. The molecule has 2 aromatic rings. The van der Waals surface area contributed by atoms with Crippen molar-refractivity contribution >= 4 is 33.3 Å². The van der Waals surface area contributed by atoms with Crippen molar-refractivity contribution < 1.29 is 9.53 Å². The van der Waals surface area contributed by atoms with Crippen LogP contribution in [0.5, 0.6) is 0 Å². The summed E-state index contributed by atoms with van der Waals surface area (Å²) in [7, 11) is 0. The topological polar surface area (TPSA) is 57.7 Å². The molecule has 1 N–H and O–H groups in total. The molecule has 1 atom stereocenters. The number of fused-ring (bicyclic) bond motifs is 1. The number of nitrogens with one attached hydrogen (secondary N) is 1. The van der Waals surface area contributed by atoms with Crippen molar-refractivity contribution in [3.63, 3.8) is 0 Å². The number of thiazole rings is 1. The highest BCUT2D eigenvalue weighted by Crippen LogP contribution is 2.23. The van der Waals surface area contributed by atoms with Gasteiger partial charge >= 0.3 is 6.03 Å². The fourth-order valence-corrected chi connectivity index (χ4v) is 4.17. The van der Waals surface area contributed by atoms with Crippen LogP contribution in [-0.4, -0.2) is 66.8 Å². The summed E-state index contributed by atoms with van der Waals surface area (Å²) in [5.41, 5.74) is 3.64. The van der Waals surface area contributed by atoms with Crippen molar-refractivity contribution in [2.45, 2.75) is 6.42 Å². The second-order valence-corrected chi connectivity index (χ2v) is 7.37. The molecule has 0 saturated carbocycles. The van der Waals surface area contributed by atoms with E-state index in [1.165, 1.54) is 0 Å². The first kappa shape index (κ1) is 15.8. The van der Waals surface area contributed by atoms with E-state index in [2.05, 4.69) is 15.2 Å². The molecule has 2 saturated heterocycles. The van der Waals surface area contributed by atoms with E-state index < -0.39 is 0 Å². The Balaban J connectivity index is 1.31. The SMILES string of the molecule is O=C(Nc1ccc2ncsc2c1)N1CCC(CN2CCOCC2)C1. The molecule has 128 valence electrons. The largest absolute Gasteiger partial charge is 0.379 e. The first-order valence-corrected chi connectivity index (χ1v) is 9.35. The summed E-state index contributed by atoms with van der Waals surface area (Å²) in [4.78, 5) is 21.1. The molecule has 3 heterocycles. The standard InChI is InChI=1S/C17H22N4O2S/c22-17(19-14-1-2-15-16(9-14)24-12-18-15)21-4-3-13(11-21)10-20-5-7-23-8-6-20/h1-2,9,12-13H,3-8,10-11H2,(H,19,22). The summed E-state index contributed by atoms with van der Waals surface area (Å²) in [5, 5.41) is 3.02. The number of morpholine rings is 1. The molecule has 24 heavy (non-hydrogen) atoms. The first-order chi connectivity index (χ1) is 11.8. The Labute approximate surface area is 145 Å². The van der Waals surface area contributed by atoms with Gasteiger partial charge in [0.2, 0.25) is 0 Å². The maximum atomic E-state index is 12.5. The van der Waals surface area contributed by atoms with Crippen molar-refractivity contribution in [3.8, 4) is 0 Å². The molecular formula is C17H22N4O2S. The van der Waals surface area contributed by atoms with Gasteiger partial charge in [0.1, 0.15) is 0 Å². The summed E-state index contributed by atoms with van der Waals surface area (Å²) in [6, 6.07) is 5.86. The zero-order chi connectivity index (χ0) is 16.4. The van der Waals surface area contributed by atoms with E-state index in [9.17, 15) is 4.79 Å². The van der Waals surface area contributed by atoms with E-state index in [0.29, 0.717) is 5.92 Å². The molecule has 0 spiro atoms. The quantitative estimate of drug-likeness (QED) is 0.928. The molecule has 6 nitrogen and oxygen atoms in total. The van der Waals surface area contributed by atoms with Gasteiger partial charge in [0, 0.05) is 38.4 Å². The summed E-state index contributed by atoms with van der Waals surface area (Å²) in [6.07, 6.45) is 1.08. The number of anilines is 1. The van der Waals surface area contributed by atoms with Crippen LogP contribution < -0.4 is 5.32 Å². The zero-order valence-electron chi connectivity index (χ0n) is 13.6. The number of hydrogen-bond donors (Lipinski definition) is 1. The van der Waals surface area contributed by atoms with E-state index in [4.69, 9.17) is 4.74 Å².